The van der Waals surface area contributed by atoms with Gasteiger partial charge in [-0.25, -0.2) is 0 Å². The van der Waals surface area contributed by atoms with Gasteiger partial charge < -0.3 is 10.2 Å². The molecular formula is C14H17ClN2O. The molecule has 96 valence electrons. The smallest absolute Gasteiger partial charge is 0.251 e. The van der Waals surface area contributed by atoms with Gasteiger partial charge in [-0.2, -0.15) is 0 Å². The van der Waals surface area contributed by atoms with E-state index < -0.39 is 0 Å². The summed E-state index contributed by atoms with van der Waals surface area (Å²) >= 11 is 5.82. The largest absolute Gasteiger partial charge is 0.348 e. The zero-order valence-electron chi connectivity index (χ0n) is 10.2. The van der Waals surface area contributed by atoms with Crippen molar-refractivity contribution in [2.24, 2.45) is 5.92 Å². The van der Waals surface area contributed by atoms with Crippen molar-refractivity contribution in [2.45, 2.75) is 18.9 Å². The van der Waals surface area contributed by atoms with Crippen molar-refractivity contribution in [3.63, 3.8) is 0 Å². The highest BCUT2D eigenvalue weighted by molar-refractivity contribution is 6.30. The van der Waals surface area contributed by atoms with Crippen LogP contribution in [0.2, 0.25) is 5.02 Å². The van der Waals surface area contributed by atoms with Gasteiger partial charge in [0.2, 0.25) is 0 Å². The van der Waals surface area contributed by atoms with Crippen LogP contribution in [0.1, 0.15) is 23.2 Å². The normalized spacial score (nSPS) is 30.2. The van der Waals surface area contributed by atoms with E-state index in [0.29, 0.717) is 16.6 Å². The molecule has 0 aromatic heterocycles. The van der Waals surface area contributed by atoms with Crippen molar-refractivity contribution < 1.29 is 4.79 Å². The van der Waals surface area contributed by atoms with Gasteiger partial charge in [0, 0.05) is 29.7 Å². The molecule has 0 saturated carbocycles. The molecule has 3 nitrogen and oxygen atoms in total. The highest BCUT2D eigenvalue weighted by atomic mass is 35.5. The third-order valence-electron chi connectivity index (χ3n) is 3.91. The Labute approximate surface area is 112 Å². The van der Waals surface area contributed by atoms with Crippen LogP contribution in [0.3, 0.4) is 0 Å². The third kappa shape index (κ3) is 2.52. The lowest BCUT2D eigenvalue weighted by Crippen LogP contribution is -2.46. The van der Waals surface area contributed by atoms with Crippen molar-refractivity contribution in [3.8, 4) is 0 Å². The number of carbonyl (C=O) groups is 1. The molecule has 3 rings (SSSR count). The fourth-order valence-corrected chi connectivity index (χ4v) is 3.16. The highest BCUT2D eigenvalue weighted by Gasteiger charge is 2.32. The van der Waals surface area contributed by atoms with Crippen LogP contribution < -0.4 is 5.32 Å². The van der Waals surface area contributed by atoms with E-state index in [2.05, 4.69) is 10.2 Å². The molecule has 1 aromatic carbocycles. The minimum absolute atomic E-state index is 0.0131. The van der Waals surface area contributed by atoms with Crippen LogP contribution in [-0.4, -0.2) is 36.5 Å². The molecular weight excluding hydrogens is 248 g/mol. The zero-order chi connectivity index (χ0) is 12.5. The van der Waals surface area contributed by atoms with Gasteiger partial charge in [-0.1, -0.05) is 11.6 Å². The number of hydrogen-bond donors (Lipinski definition) is 1. The SMILES string of the molecule is O=C(N[C@H]1C[C@@H]2CCN(C2)C1)c1ccc(Cl)cc1. The Morgan fingerprint density at radius 2 is 2.06 bits per heavy atom. The number of halogens is 1. The first-order valence-electron chi connectivity index (χ1n) is 6.49. The Hall–Kier alpha value is -1.06. The number of fused-ring (bicyclic) bond motifs is 2. The average molecular weight is 265 g/mol. The molecule has 2 saturated heterocycles. The molecule has 1 unspecified atom stereocenters. The molecule has 1 N–H and O–H groups in total. The number of nitrogens with one attached hydrogen (secondary N) is 1. The average Bonchev–Trinajstić information content (AvgIpc) is 2.69. The summed E-state index contributed by atoms with van der Waals surface area (Å²) in [5.74, 6) is 0.786. The maximum Gasteiger partial charge on any atom is 0.251 e. The second-order valence-electron chi connectivity index (χ2n) is 5.33. The predicted molar refractivity (Wildman–Crippen MR) is 71.9 cm³/mol. The Bertz CT molecular complexity index is 434. The first-order valence-corrected chi connectivity index (χ1v) is 6.87. The molecule has 0 radical (unpaired) electrons. The van der Waals surface area contributed by atoms with Crippen molar-refractivity contribution in [2.75, 3.05) is 19.6 Å². The van der Waals surface area contributed by atoms with Crippen molar-refractivity contribution in [1.82, 2.24) is 10.2 Å². The van der Waals surface area contributed by atoms with Crippen molar-refractivity contribution in [3.05, 3.63) is 34.9 Å². The van der Waals surface area contributed by atoms with E-state index in [1.807, 2.05) is 0 Å². The van der Waals surface area contributed by atoms with E-state index in [4.69, 9.17) is 11.6 Å². The van der Waals surface area contributed by atoms with Crippen LogP contribution in [0.25, 0.3) is 0 Å². The molecule has 1 amide bonds. The summed E-state index contributed by atoms with van der Waals surface area (Å²) in [6.07, 6.45) is 2.41. The Kier molecular flexibility index (Phi) is 3.27. The van der Waals surface area contributed by atoms with E-state index in [9.17, 15) is 4.79 Å². The molecule has 4 heteroatoms. The predicted octanol–water partition coefficient (Wildman–Crippen LogP) is 2.16. The standard InChI is InChI=1S/C14H17ClN2O/c15-12-3-1-11(2-4-12)14(18)16-13-7-10-5-6-17(8-10)9-13/h1-4,10,13H,5-9H2,(H,16,18)/t10-,13-/m0/s1. The fourth-order valence-electron chi connectivity index (χ4n) is 3.03. The molecule has 1 aromatic rings. The highest BCUT2D eigenvalue weighted by Crippen LogP contribution is 2.26. The van der Waals surface area contributed by atoms with Crippen LogP contribution >= 0.6 is 11.6 Å². The maximum absolute atomic E-state index is 12.1. The number of rotatable bonds is 2. The van der Waals surface area contributed by atoms with Gasteiger partial charge in [0.25, 0.3) is 5.91 Å². The molecule has 0 aliphatic carbocycles. The van der Waals surface area contributed by atoms with E-state index >= 15 is 0 Å². The van der Waals surface area contributed by atoms with Gasteiger partial charge in [0.1, 0.15) is 0 Å². The number of benzene rings is 1. The summed E-state index contributed by atoms with van der Waals surface area (Å²) in [7, 11) is 0. The molecule has 2 aliphatic heterocycles. The van der Waals surface area contributed by atoms with Crippen LogP contribution in [-0.2, 0) is 0 Å². The maximum atomic E-state index is 12.1. The zero-order valence-corrected chi connectivity index (χ0v) is 11.0. The number of carbonyl (C=O) groups excluding carboxylic acids is 1. The van der Waals surface area contributed by atoms with Crippen molar-refractivity contribution >= 4 is 17.5 Å². The summed E-state index contributed by atoms with van der Waals surface area (Å²) in [5.41, 5.74) is 0.687. The summed E-state index contributed by atoms with van der Waals surface area (Å²) in [6.45, 7) is 3.40. The Morgan fingerprint density at radius 1 is 1.28 bits per heavy atom. The van der Waals surface area contributed by atoms with Gasteiger partial charge in [-0.3, -0.25) is 4.79 Å². The summed E-state index contributed by atoms with van der Waals surface area (Å²) < 4.78 is 0. The van der Waals surface area contributed by atoms with E-state index in [1.54, 1.807) is 24.3 Å². The van der Waals surface area contributed by atoms with Gasteiger partial charge in [-0.15, -0.1) is 0 Å². The lowest BCUT2D eigenvalue weighted by molar-refractivity contribution is 0.0909. The lowest BCUT2D eigenvalue weighted by atomic mass is 9.96. The van der Waals surface area contributed by atoms with Crippen LogP contribution in [0.15, 0.2) is 24.3 Å². The third-order valence-corrected chi connectivity index (χ3v) is 4.16. The minimum atomic E-state index is 0.0131. The first kappa shape index (κ1) is 12.0. The topological polar surface area (TPSA) is 32.3 Å². The quantitative estimate of drug-likeness (QED) is 0.888. The fraction of sp³-hybridized carbons (Fsp3) is 0.500. The second kappa shape index (κ2) is 4.90. The van der Waals surface area contributed by atoms with E-state index in [1.165, 1.54) is 19.5 Å². The van der Waals surface area contributed by atoms with Crippen molar-refractivity contribution in [1.29, 1.82) is 0 Å². The van der Waals surface area contributed by atoms with Gasteiger partial charge >= 0.3 is 0 Å². The molecule has 2 fully saturated rings. The Morgan fingerprint density at radius 3 is 2.78 bits per heavy atom. The van der Waals surface area contributed by atoms with E-state index in [0.717, 1.165) is 18.9 Å². The number of hydrogen-bond acceptors (Lipinski definition) is 2. The van der Waals surface area contributed by atoms with E-state index in [-0.39, 0.29) is 5.91 Å². The van der Waals surface area contributed by atoms with Gasteiger partial charge in [-0.05, 0) is 49.6 Å². The molecule has 18 heavy (non-hydrogen) atoms. The van der Waals surface area contributed by atoms with Gasteiger partial charge in [0.15, 0.2) is 0 Å². The monoisotopic (exact) mass is 264 g/mol. The molecule has 2 bridgehead atoms. The number of piperidine rings is 1. The molecule has 2 heterocycles. The molecule has 2 aliphatic rings. The molecule has 3 atom stereocenters. The molecule has 0 spiro atoms. The van der Waals surface area contributed by atoms with Gasteiger partial charge in [0.05, 0.1) is 0 Å². The Balaban J connectivity index is 1.62. The summed E-state index contributed by atoms with van der Waals surface area (Å²) in [4.78, 5) is 14.5. The number of amides is 1. The van der Waals surface area contributed by atoms with Crippen LogP contribution in [0.4, 0.5) is 0 Å². The summed E-state index contributed by atoms with van der Waals surface area (Å²) in [5, 5.41) is 3.79. The minimum Gasteiger partial charge on any atom is -0.348 e. The second-order valence-corrected chi connectivity index (χ2v) is 5.76. The summed E-state index contributed by atoms with van der Waals surface area (Å²) in [6, 6.07) is 7.36. The lowest BCUT2D eigenvalue weighted by Gasteiger charge is -2.30. The first-order chi connectivity index (χ1) is 8.70. The number of nitrogens with zero attached hydrogens (tertiary/aromatic N) is 1. The van der Waals surface area contributed by atoms with Crippen LogP contribution in [0, 0.1) is 5.92 Å². The van der Waals surface area contributed by atoms with Crippen LogP contribution in [0.5, 0.6) is 0 Å².